The van der Waals surface area contributed by atoms with Crippen molar-refractivity contribution in [1.82, 2.24) is 0 Å². The number of allylic oxidation sites excluding steroid dienone is 6. The molecule has 2 aliphatic carbocycles. The first-order chi connectivity index (χ1) is 11.1. The largest absolute Gasteiger partial charge is 0.452 e. The first-order valence-electron chi connectivity index (χ1n) is 7.48. The van der Waals surface area contributed by atoms with Crippen LogP contribution < -0.4 is 22.6 Å². The molecule has 0 spiro atoms. The molecule has 23 heavy (non-hydrogen) atoms. The van der Waals surface area contributed by atoms with Crippen LogP contribution in [0.3, 0.4) is 0 Å². The quantitative estimate of drug-likeness (QED) is 0.735. The van der Waals surface area contributed by atoms with E-state index in [-0.39, 0.29) is 11.9 Å². The molecule has 0 fully saturated rings. The van der Waals surface area contributed by atoms with Gasteiger partial charge in [-0.05, 0) is 41.3 Å². The van der Waals surface area contributed by atoms with Gasteiger partial charge in [0, 0.05) is 6.42 Å². The molecule has 0 saturated heterocycles. The third kappa shape index (κ3) is 2.70. The van der Waals surface area contributed by atoms with Gasteiger partial charge in [0.25, 0.3) is 0 Å². The van der Waals surface area contributed by atoms with Crippen LogP contribution in [0.15, 0.2) is 64.1 Å². The third-order valence-electron chi connectivity index (χ3n) is 4.23. The molecular formula is C19H15FIO2+. The molecule has 4 rings (SSSR count). The number of furan rings is 1. The van der Waals surface area contributed by atoms with Crippen LogP contribution in [0.25, 0.3) is 16.5 Å². The summed E-state index contributed by atoms with van der Waals surface area (Å²) in [5.74, 6) is 0.475. The Morgan fingerprint density at radius 2 is 2.04 bits per heavy atom. The van der Waals surface area contributed by atoms with E-state index < -0.39 is 0 Å². The number of aliphatic hydroxyl groups excluding tert-OH is 1. The molecule has 1 aromatic heterocycles. The lowest BCUT2D eigenvalue weighted by Gasteiger charge is -2.12. The van der Waals surface area contributed by atoms with Crippen LogP contribution in [-0.4, -0.2) is 11.2 Å². The predicted octanol–water partition coefficient (Wildman–Crippen LogP) is 0.988. The van der Waals surface area contributed by atoms with Crippen molar-refractivity contribution in [3.8, 4) is 0 Å². The summed E-state index contributed by atoms with van der Waals surface area (Å²) in [6.07, 6.45) is 10.9. The number of hydrogen-bond donors (Lipinski definition) is 1. The zero-order valence-corrected chi connectivity index (χ0v) is 14.6. The first-order valence-corrected chi connectivity index (χ1v) is 8.64. The van der Waals surface area contributed by atoms with Crippen molar-refractivity contribution in [2.24, 2.45) is 0 Å². The van der Waals surface area contributed by atoms with Crippen molar-refractivity contribution in [2.75, 3.05) is 0 Å². The fourth-order valence-corrected chi connectivity index (χ4v) is 3.59. The molecule has 0 bridgehead atoms. The van der Waals surface area contributed by atoms with E-state index in [2.05, 4.69) is 12.2 Å². The highest BCUT2D eigenvalue weighted by Gasteiger charge is 2.20. The highest BCUT2D eigenvalue weighted by atomic mass is 127. The van der Waals surface area contributed by atoms with Crippen molar-refractivity contribution in [1.29, 1.82) is 0 Å². The van der Waals surface area contributed by atoms with Gasteiger partial charge in [0.15, 0.2) is 5.58 Å². The van der Waals surface area contributed by atoms with E-state index in [1.165, 1.54) is 11.6 Å². The van der Waals surface area contributed by atoms with Crippen LogP contribution in [0, 0.1) is 9.39 Å². The van der Waals surface area contributed by atoms with E-state index in [0.717, 1.165) is 26.9 Å². The van der Waals surface area contributed by atoms with Gasteiger partial charge in [-0.15, -0.1) is 0 Å². The molecule has 1 atom stereocenters. The molecule has 1 aromatic carbocycles. The minimum Gasteiger partial charge on any atom is -0.452 e. The maximum Gasteiger partial charge on any atom is 0.300 e. The smallest absolute Gasteiger partial charge is 0.300 e. The maximum absolute atomic E-state index is 13.9. The number of hydrogen-bond acceptors (Lipinski definition) is 2. The molecular weight excluding hydrogens is 406 g/mol. The van der Waals surface area contributed by atoms with Crippen LogP contribution in [0.4, 0.5) is 4.39 Å². The Balaban J connectivity index is 1.61. The van der Waals surface area contributed by atoms with Gasteiger partial charge in [0.05, 0.1) is 11.5 Å². The summed E-state index contributed by atoms with van der Waals surface area (Å²) in [7, 11) is 0. The van der Waals surface area contributed by atoms with Gasteiger partial charge in [0.1, 0.15) is 11.6 Å². The molecule has 2 aliphatic rings. The number of rotatable bonds is 2. The molecule has 0 saturated carbocycles. The summed E-state index contributed by atoms with van der Waals surface area (Å²) in [5, 5.41) is 10.1. The van der Waals surface area contributed by atoms with Crippen LogP contribution in [0.2, 0.25) is 0 Å². The number of benzene rings is 1. The molecule has 1 heterocycles. The monoisotopic (exact) mass is 421 g/mol. The lowest BCUT2D eigenvalue weighted by atomic mass is 9.96. The van der Waals surface area contributed by atoms with Gasteiger partial charge in [-0.3, -0.25) is 0 Å². The summed E-state index contributed by atoms with van der Waals surface area (Å²) in [5.41, 5.74) is 4.01. The highest BCUT2D eigenvalue weighted by Crippen LogP contribution is 2.36. The molecule has 1 unspecified atom stereocenters. The molecule has 116 valence electrons. The molecule has 0 radical (unpaired) electrons. The topological polar surface area (TPSA) is 33.4 Å². The molecule has 2 nitrogen and oxygen atoms in total. The third-order valence-corrected chi connectivity index (χ3v) is 5.14. The van der Waals surface area contributed by atoms with Crippen LogP contribution in [-0.2, 0) is 0 Å². The van der Waals surface area contributed by atoms with E-state index >= 15 is 0 Å². The van der Waals surface area contributed by atoms with Crippen LogP contribution >= 0.6 is 0 Å². The minimum absolute atomic E-state index is 0.249. The second-order valence-corrected chi connectivity index (χ2v) is 7.04. The van der Waals surface area contributed by atoms with E-state index in [1.807, 2.05) is 40.8 Å². The summed E-state index contributed by atoms with van der Waals surface area (Å²) in [4.78, 5) is 0. The van der Waals surface area contributed by atoms with Crippen LogP contribution in [0.5, 0.6) is 0 Å². The van der Waals surface area contributed by atoms with Gasteiger partial charge < -0.3 is 9.52 Å². The fourth-order valence-electron chi connectivity index (χ4n) is 2.96. The van der Waals surface area contributed by atoms with Gasteiger partial charge in [-0.25, -0.2) is 4.39 Å². The van der Waals surface area contributed by atoms with Gasteiger partial charge in [0.2, 0.25) is 3.57 Å². The molecule has 0 aliphatic heterocycles. The van der Waals surface area contributed by atoms with Crippen molar-refractivity contribution in [3.05, 3.63) is 74.9 Å². The van der Waals surface area contributed by atoms with E-state index in [0.29, 0.717) is 17.4 Å². The van der Waals surface area contributed by atoms with Crippen molar-refractivity contribution >= 4 is 16.5 Å². The van der Waals surface area contributed by atoms with Crippen molar-refractivity contribution in [3.63, 3.8) is 0 Å². The Morgan fingerprint density at radius 1 is 1.22 bits per heavy atom. The molecule has 0 amide bonds. The summed E-state index contributed by atoms with van der Waals surface area (Å²) in [6.45, 7) is 0. The van der Waals surface area contributed by atoms with E-state index in [1.54, 1.807) is 12.1 Å². The van der Waals surface area contributed by atoms with Gasteiger partial charge in [-0.2, -0.15) is 0 Å². The Hall–Kier alpha value is -1.66. The Bertz CT molecular complexity index is 876. The predicted molar refractivity (Wildman–Crippen MR) is 84.8 cm³/mol. The van der Waals surface area contributed by atoms with Crippen molar-refractivity contribution in [2.45, 2.75) is 18.9 Å². The second-order valence-electron chi connectivity index (χ2n) is 5.78. The van der Waals surface area contributed by atoms with Gasteiger partial charge in [-0.1, -0.05) is 30.4 Å². The zero-order valence-electron chi connectivity index (χ0n) is 12.3. The summed E-state index contributed by atoms with van der Waals surface area (Å²) in [6, 6.07) is 5.01. The molecule has 1 N–H and O–H groups in total. The SMILES string of the molecule is OC1C=CC(C2=CC=C(c3cc4c(F)ccc([IH+])c4o3)C2)=CC1. The number of aliphatic hydroxyl groups is 1. The Kier molecular flexibility index (Phi) is 3.73. The molecule has 4 heteroatoms. The minimum atomic E-state index is -0.380. The second kappa shape index (κ2) is 5.76. The Labute approximate surface area is 146 Å². The zero-order chi connectivity index (χ0) is 16.0. The van der Waals surface area contributed by atoms with E-state index in [9.17, 15) is 9.50 Å². The normalized spacial score (nSPS) is 20.7. The average molecular weight is 421 g/mol. The first kappa shape index (κ1) is 14.9. The summed E-state index contributed by atoms with van der Waals surface area (Å²) >= 11 is 1.84. The standard InChI is InChI=1S/C19H15FIO2/c20-16-7-8-17(21)19-15(16)10-18(23-19)13-2-1-12(9-13)11-3-5-14(22)6-4-11/h1-5,7-8,10,14,21-22H,6,9H2/q+1. The Morgan fingerprint density at radius 3 is 2.78 bits per heavy atom. The lowest BCUT2D eigenvalue weighted by Crippen LogP contribution is -3.34. The molecule has 2 aromatic rings. The van der Waals surface area contributed by atoms with Gasteiger partial charge >= 0.3 is 22.6 Å². The maximum atomic E-state index is 13.9. The van der Waals surface area contributed by atoms with Crippen molar-refractivity contribution < 1.29 is 36.5 Å². The fraction of sp³-hybridized carbons (Fsp3) is 0.158. The number of fused-ring (bicyclic) bond motifs is 1. The summed E-state index contributed by atoms with van der Waals surface area (Å²) < 4.78 is 20.8. The number of halogens is 2. The lowest BCUT2D eigenvalue weighted by molar-refractivity contribution is -0.326. The highest BCUT2D eigenvalue weighted by molar-refractivity contribution is 5.84. The van der Waals surface area contributed by atoms with E-state index in [4.69, 9.17) is 4.42 Å². The average Bonchev–Trinajstić information content (AvgIpc) is 3.19. The van der Waals surface area contributed by atoms with Crippen LogP contribution in [0.1, 0.15) is 18.6 Å².